The molecular formula is C11H12BrNO4. The van der Waals surface area contributed by atoms with Crippen LogP contribution in [0.25, 0.3) is 0 Å². The van der Waals surface area contributed by atoms with Crippen LogP contribution >= 0.6 is 15.9 Å². The number of hydrogen-bond donors (Lipinski definition) is 0. The molecule has 0 saturated carbocycles. The molecule has 6 heteroatoms. The number of rotatable bonds is 5. The molecular weight excluding hydrogens is 290 g/mol. The van der Waals surface area contributed by atoms with E-state index in [4.69, 9.17) is 4.74 Å². The first-order chi connectivity index (χ1) is 7.93. The van der Waals surface area contributed by atoms with E-state index < -0.39 is 4.92 Å². The average molecular weight is 302 g/mol. The Balaban J connectivity index is 2.90. The van der Waals surface area contributed by atoms with Gasteiger partial charge in [0.05, 0.1) is 9.40 Å². The number of para-hydroxylation sites is 1. The highest BCUT2D eigenvalue weighted by Crippen LogP contribution is 2.34. The van der Waals surface area contributed by atoms with E-state index in [0.717, 1.165) is 0 Å². The van der Waals surface area contributed by atoms with Crippen molar-refractivity contribution >= 4 is 27.4 Å². The fraction of sp³-hybridized carbons (Fsp3) is 0.364. The van der Waals surface area contributed by atoms with E-state index in [0.29, 0.717) is 4.47 Å². The van der Waals surface area contributed by atoms with E-state index in [1.54, 1.807) is 26.0 Å². The summed E-state index contributed by atoms with van der Waals surface area (Å²) in [5.74, 6) is -0.168. The van der Waals surface area contributed by atoms with Gasteiger partial charge in [-0.1, -0.05) is 19.9 Å². The Morgan fingerprint density at radius 3 is 2.71 bits per heavy atom. The van der Waals surface area contributed by atoms with Gasteiger partial charge in [0, 0.05) is 12.0 Å². The van der Waals surface area contributed by atoms with Gasteiger partial charge in [-0.2, -0.15) is 0 Å². The van der Waals surface area contributed by atoms with Crippen LogP contribution in [0, 0.1) is 16.0 Å². The van der Waals surface area contributed by atoms with Crippen LogP contribution in [0.2, 0.25) is 0 Å². The molecule has 0 aliphatic rings. The van der Waals surface area contributed by atoms with Crippen molar-refractivity contribution in [2.24, 2.45) is 5.92 Å². The van der Waals surface area contributed by atoms with Gasteiger partial charge in [0.15, 0.2) is 5.78 Å². The number of carbonyl (C=O) groups is 1. The largest absolute Gasteiger partial charge is 0.478 e. The summed E-state index contributed by atoms with van der Waals surface area (Å²) in [6, 6.07) is 4.50. The maximum atomic E-state index is 11.4. The lowest BCUT2D eigenvalue weighted by atomic mass is 10.1. The first-order valence-corrected chi connectivity index (χ1v) is 5.81. The predicted octanol–water partition coefficient (Wildman–Crippen LogP) is 2.96. The zero-order valence-electron chi connectivity index (χ0n) is 9.47. The van der Waals surface area contributed by atoms with Crippen molar-refractivity contribution < 1.29 is 14.5 Å². The van der Waals surface area contributed by atoms with E-state index in [-0.39, 0.29) is 29.7 Å². The molecule has 1 aromatic carbocycles. The fourth-order valence-corrected chi connectivity index (χ4v) is 1.56. The summed E-state index contributed by atoms with van der Waals surface area (Å²) in [7, 11) is 0. The third-order valence-electron chi connectivity index (χ3n) is 2.15. The molecule has 92 valence electrons. The Morgan fingerprint density at radius 1 is 1.53 bits per heavy atom. The molecule has 1 aromatic rings. The Kier molecular flexibility index (Phi) is 4.62. The normalized spacial score (nSPS) is 10.4. The van der Waals surface area contributed by atoms with Crippen molar-refractivity contribution in [3.8, 4) is 5.75 Å². The van der Waals surface area contributed by atoms with Gasteiger partial charge < -0.3 is 4.74 Å². The van der Waals surface area contributed by atoms with Gasteiger partial charge >= 0.3 is 5.69 Å². The van der Waals surface area contributed by atoms with Crippen molar-refractivity contribution in [3.63, 3.8) is 0 Å². The van der Waals surface area contributed by atoms with E-state index in [1.807, 2.05) is 0 Å². The van der Waals surface area contributed by atoms with Gasteiger partial charge in [0.25, 0.3) is 0 Å². The Labute approximate surface area is 107 Å². The van der Waals surface area contributed by atoms with Crippen molar-refractivity contribution in [2.75, 3.05) is 6.61 Å². The molecule has 0 unspecified atom stereocenters. The monoisotopic (exact) mass is 301 g/mol. The van der Waals surface area contributed by atoms with Gasteiger partial charge in [0.2, 0.25) is 5.75 Å². The summed E-state index contributed by atoms with van der Waals surface area (Å²) in [4.78, 5) is 21.6. The summed E-state index contributed by atoms with van der Waals surface area (Å²) in [5.41, 5.74) is -0.157. The molecule has 0 heterocycles. The van der Waals surface area contributed by atoms with Crippen LogP contribution in [-0.4, -0.2) is 17.3 Å². The molecule has 0 aliphatic heterocycles. The van der Waals surface area contributed by atoms with Gasteiger partial charge in [-0.3, -0.25) is 14.9 Å². The number of nitro groups is 1. The lowest BCUT2D eigenvalue weighted by Crippen LogP contribution is -2.17. The molecule has 0 bridgehead atoms. The van der Waals surface area contributed by atoms with Gasteiger partial charge in [-0.25, -0.2) is 0 Å². The molecule has 0 atom stereocenters. The minimum atomic E-state index is -0.542. The molecule has 0 aliphatic carbocycles. The Hall–Kier alpha value is -1.43. The lowest BCUT2D eigenvalue weighted by Gasteiger charge is -2.09. The highest BCUT2D eigenvalue weighted by atomic mass is 79.9. The second kappa shape index (κ2) is 5.77. The first-order valence-electron chi connectivity index (χ1n) is 5.02. The number of halogens is 1. The highest BCUT2D eigenvalue weighted by Gasteiger charge is 2.19. The van der Waals surface area contributed by atoms with Crippen LogP contribution in [-0.2, 0) is 4.79 Å². The molecule has 0 N–H and O–H groups in total. The molecule has 0 radical (unpaired) electrons. The number of nitrogens with zero attached hydrogens (tertiary/aromatic N) is 1. The van der Waals surface area contributed by atoms with Crippen LogP contribution in [0.1, 0.15) is 13.8 Å². The third-order valence-corrected chi connectivity index (χ3v) is 2.77. The first kappa shape index (κ1) is 13.6. The summed E-state index contributed by atoms with van der Waals surface area (Å²) in [6.45, 7) is 3.33. The summed E-state index contributed by atoms with van der Waals surface area (Å²) >= 11 is 3.16. The highest BCUT2D eigenvalue weighted by molar-refractivity contribution is 9.10. The van der Waals surface area contributed by atoms with Crippen molar-refractivity contribution in [3.05, 3.63) is 32.8 Å². The van der Waals surface area contributed by atoms with Crippen LogP contribution in [0.5, 0.6) is 5.75 Å². The minimum absolute atomic E-state index is 0.0894. The van der Waals surface area contributed by atoms with E-state index in [9.17, 15) is 14.9 Å². The van der Waals surface area contributed by atoms with Crippen LogP contribution in [0.4, 0.5) is 5.69 Å². The topological polar surface area (TPSA) is 69.4 Å². The summed E-state index contributed by atoms with van der Waals surface area (Å²) < 4.78 is 5.68. The molecule has 17 heavy (non-hydrogen) atoms. The fourth-order valence-electron chi connectivity index (χ4n) is 1.09. The predicted molar refractivity (Wildman–Crippen MR) is 66.1 cm³/mol. The molecule has 0 fully saturated rings. The van der Waals surface area contributed by atoms with Gasteiger partial charge in [-0.05, 0) is 22.0 Å². The van der Waals surface area contributed by atoms with Crippen molar-refractivity contribution in [1.82, 2.24) is 0 Å². The molecule has 0 saturated heterocycles. The van der Waals surface area contributed by atoms with E-state index >= 15 is 0 Å². The second-order valence-corrected chi connectivity index (χ2v) is 4.61. The minimum Gasteiger partial charge on any atom is -0.478 e. The summed E-state index contributed by atoms with van der Waals surface area (Å²) in [5, 5.41) is 10.8. The zero-order valence-corrected chi connectivity index (χ0v) is 11.1. The Bertz CT molecular complexity index is 445. The number of benzene rings is 1. The maximum absolute atomic E-state index is 11.4. The number of nitro benzene ring substituents is 1. The number of ether oxygens (including phenoxy) is 1. The quantitative estimate of drug-likeness (QED) is 0.619. The van der Waals surface area contributed by atoms with Gasteiger partial charge in [-0.15, -0.1) is 0 Å². The number of carbonyl (C=O) groups excluding carboxylic acids is 1. The molecule has 1 rings (SSSR count). The van der Waals surface area contributed by atoms with E-state index in [1.165, 1.54) is 6.07 Å². The molecule has 0 amide bonds. The van der Waals surface area contributed by atoms with Crippen LogP contribution < -0.4 is 4.74 Å². The number of ketones is 1. The lowest BCUT2D eigenvalue weighted by molar-refractivity contribution is -0.385. The second-order valence-electron chi connectivity index (χ2n) is 3.75. The van der Waals surface area contributed by atoms with Crippen molar-refractivity contribution in [1.29, 1.82) is 0 Å². The number of Topliss-reactive ketones (excluding diaryl/α,β-unsaturated/α-hetero) is 1. The van der Waals surface area contributed by atoms with Crippen LogP contribution in [0.15, 0.2) is 22.7 Å². The maximum Gasteiger partial charge on any atom is 0.312 e. The smallest absolute Gasteiger partial charge is 0.312 e. The molecule has 0 aromatic heterocycles. The molecule has 0 spiro atoms. The average Bonchev–Trinajstić information content (AvgIpc) is 2.26. The number of hydrogen-bond acceptors (Lipinski definition) is 4. The van der Waals surface area contributed by atoms with Crippen molar-refractivity contribution in [2.45, 2.75) is 13.8 Å². The van der Waals surface area contributed by atoms with Gasteiger partial charge in [0.1, 0.15) is 6.61 Å². The SMILES string of the molecule is CC(C)C(=O)COc1c(Br)cccc1[N+](=O)[O-]. The van der Waals surface area contributed by atoms with E-state index in [2.05, 4.69) is 15.9 Å². The van der Waals surface area contributed by atoms with Crippen LogP contribution in [0.3, 0.4) is 0 Å². The zero-order chi connectivity index (χ0) is 13.0. The standard InChI is InChI=1S/C11H12BrNO4/c1-7(2)10(14)6-17-11-8(12)4-3-5-9(11)13(15)16/h3-5,7H,6H2,1-2H3. The summed E-state index contributed by atoms with van der Waals surface area (Å²) in [6.07, 6.45) is 0. The molecule has 5 nitrogen and oxygen atoms in total. The third kappa shape index (κ3) is 3.52. The Morgan fingerprint density at radius 2 is 2.18 bits per heavy atom.